The average Bonchev–Trinajstić information content (AvgIpc) is 2.47. The second kappa shape index (κ2) is 7.70. The fraction of sp³-hybridized carbons (Fsp3) is 0.765. The van der Waals surface area contributed by atoms with Gasteiger partial charge in [0.15, 0.2) is 0 Å². The lowest BCUT2D eigenvalue weighted by atomic mass is 9.80. The van der Waals surface area contributed by atoms with Gasteiger partial charge < -0.3 is 0 Å². The highest BCUT2D eigenvalue weighted by Gasteiger charge is 2.24. The molecule has 0 saturated heterocycles. The molecule has 0 amide bonds. The third-order valence-electron chi connectivity index (χ3n) is 4.54. The normalized spacial score (nSPS) is 22.9. The minimum absolute atomic E-state index is 0.292. The Bertz CT molecular complexity index is 411. The number of aromatic nitrogens is 2. The zero-order chi connectivity index (χ0) is 14.4. The molecule has 0 radical (unpaired) electrons. The van der Waals surface area contributed by atoms with Crippen molar-refractivity contribution in [2.45, 2.75) is 77.6 Å². The van der Waals surface area contributed by atoms with Crippen LogP contribution in [0.4, 0.5) is 4.39 Å². The minimum Gasteiger partial charge on any atom is -0.241 e. The van der Waals surface area contributed by atoms with Crippen LogP contribution in [0.1, 0.15) is 82.5 Å². The van der Waals surface area contributed by atoms with Crippen LogP contribution in [0, 0.1) is 11.9 Å². The van der Waals surface area contributed by atoms with Gasteiger partial charge in [0.1, 0.15) is 5.82 Å². The van der Waals surface area contributed by atoms with E-state index < -0.39 is 0 Å². The monoisotopic (exact) mass is 278 g/mol. The van der Waals surface area contributed by atoms with Crippen LogP contribution in [0.25, 0.3) is 0 Å². The van der Waals surface area contributed by atoms with Gasteiger partial charge in [0.05, 0.1) is 0 Å². The minimum atomic E-state index is -0.292. The standard InChI is InChI=1S/C17H27FN2/c1-3-5-7-15-12-19-17(20-16(15)18)14-10-8-13(6-4-2)9-11-14/h12-14H,3-11H2,1-2H3/t13-,14-. The van der Waals surface area contributed by atoms with Gasteiger partial charge in [-0.05, 0) is 44.4 Å². The van der Waals surface area contributed by atoms with Crippen molar-refractivity contribution in [3.05, 3.63) is 23.5 Å². The molecule has 3 heteroatoms. The van der Waals surface area contributed by atoms with E-state index in [9.17, 15) is 4.39 Å². The maximum atomic E-state index is 14.0. The number of halogens is 1. The highest BCUT2D eigenvalue weighted by molar-refractivity contribution is 5.10. The lowest BCUT2D eigenvalue weighted by Crippen LogP contribution is -2.16. The molecule has 112 valence electrons. The Labute approximate surface area is 122 Å². The van der Waals surface area contributed by atoms with Crippen molar-refractivity contribution in [2.75, 3.05) is 0 Å². The van der Waals surface area contributed by atoms with E-state index in [0.717, 1.165) is 43.8 Å². The second-order valence-corrected chi connectivity index (χ2v) is 6.15. The molecular weight excluding hydrogens is 251 g/mol. The number of hydrogen-bond donors (Lipinski definition) is 0. The Morgan fingerprint density at radius 1 is 1.15 bits per heavy atom. The van der Waals surface area contributed by atoms with Crippen LogP contribution in [0.5, 0.6) is 0 Å². The topological polar surface area (TPSA) is 25.8 Å². The van der Waals surface area contributed by atoms with Crippen LogP contribution in [0.2, 0.25) is 0 Å². The molecule has 0 spiro atoms. The van der Waals surface area contributed by atoms with Gasteiger partial charge in [-0.2, -0.15) is 4.39 Å². The Morgan fingerprint density at radius 2 is 1.90 bits per heavy atom. The van der Waals surface area contributed by atoms with Crippen LogP contribution in [0.15, 0.2) is 6.20 Å². The van der Waals surface area contributed by atoms with Crippen molar-refractivity contribution in [3.63, 3.8) is 0 Å². The quantitative estimate of drug-likeness (QED) is 0.682. The number of nitrogens with zero attached hydrogens (tertiary/aromatic N) is 2. The molecule has 1 aromatic heterocycles. The summed E-state index contributed by atoms with van der Waals surface area (Å²) in [7, 11) is 0. The molecule has 1 aliphatic rings. The summed E-state index contributed by atoms with van der Waals surface area (Å²) in [5.41, 5.74) is 0.676. The van der Waals surface area contributed by atoms with E-state index in [-0.39, 0.29) is 5.95 Å². The molecule has 1 saturated carbocycles. The Balaban J connectivity index is 1.95. The summed E-state index contributed by atoms with van der Waals surface area (Å²) >= 11 is 0. The summed E-state index contributed by atoms with van der Waals surface area (Å²) < 4.78 is 14.0. The molecule has 0 aromatic carbocycles. The van der Waals surface area contributed by atoms with Gasteiger partial charge in [0.2, 0.25) is 5.95 Å². The molecule has 1 fully saturated rings. The molecular formula is C17H27FN2. The third kappa shape index (κ3) is 4.00. The fourth-order valence-electron chi connectivity index (χ4n) is 3.25. The van der Waals surface area contributed by atoms with E-state index in [0.29, 0.717) is 11.5 Å². The lowest BCUT2D eigenvalue weighted by molar-refractivity contribution is 0.300. The van der Waals surface area contributed by atoms with Crippen molar-refractivity contribution >= 4 is 0 Å². The molecule has 0 N–H and O–H groups in total. The highest BCUT2D eigenvalue weighted by atomic mass is 19.1. The van der Waals surface area contributed by atoms with Gasteiger partial charge in [0.25, 0.3) is 0 Å². The Hall–Kier alpha value is -0.990. The first-order valence-corrected chi connectivity index (χ1v) is 8.25. The molecule has 0 aliphatic heterocycles. The van der Waals surface area contributed by atoms with Crippen LogP contribution in [0.3, 0.4) is 0 Å². The molecule has 1 heterocycles. The van der Waals surface area contributed by atoms with Crippen molar-refractivity contribution in [2.24, 2.45) is 5.92 Å². The van der Waals surface area contributed by atoms with E-state index in [1.807, 2.05) is 0 Å². The summed E-state index contributed by atoms with van der Waals surface area (Å²) in [4.78, 5) is 8.58. The molecule has 0 unspecified atom stereocenters. The van der Waals surface area contributed by atoms with Crippen LogP contribution < -0.4 is 0 Å². The van der Waals surface area contributed by atoms with E-state index in [4.69, 9.17) is 0 Å². The Morgan fingerprint density at radius 3 is 2.50 bits per heavy atom. The smallest absolute Gasteiger partial charge is 0.219 e. The van der Waals surface area contributed by atoms with Crippen molar-refractivity contribution < 1.29 is 4.39 Å². The fourth-order valence-corrected chi connectivity index (χ4v) is 3.25. The van der Waals surface area contributed by atoms with Crippen molar-refractivity contribution in [3.8, 4) is 0 Å². The maximum Gasteiger partial charge on any atom is 0.219 e. The summed E-state index contributed by atoms with van der Waals surface area (Å²) in [6.07, 6.45) is 11.9. The zero-order valence-electron chi connectivity index (χ0n) is 12.9. The molecule has 20 heavy (non-hydrogen) atoms. The van der Waals surface area contributed by atoms with Crippen molar-refractivity contribution in [1.29, 1.82) is 0 Å². The predicted octanol–water partition coefficient (Wildman–Crippen LogP) is 5.03. The first-order chi connectivity index (χ1) is 9.74. The summed E-state index contributed by atoms with van der Waals surface area (Å²) in [6, 6.07) is 0. The van der Waals surface area contributed by atoms with Gasteiger partial charge in [-0.3, -0.25) is 0 Å². The molecule has 2 nitrogen and oxygen atoms in total. The third-order valence-corrected chi connectivity index (χ3v) is 4.54. The molecule has 2 rings (SSSR count). The summed E-state index contributed by atoms with van der Waals surface area (Å²) in [5.74, 6) is 1.68. The predicted molar refractivity (Wildman–Crippen MR) is 80.2 cm³/mol. The number of unbranched alkanes of at least 4 members (excludes halogenated alkanes) is 1. The summed E-state index contributed by atoms with van der Waals surface area (Å²) in [5, 5.41) is 0. The highest BCUT2D eigenvalue weighted by Crippen LogP contribution is 2.36. The first kappa shape index (κ1) is 15.4. The van der Waals surface area contributed by atoms with E-state index in [1.54, 1.807) is 6.20 Å². The number of hydrogen-bond acceptors (Lipinski definition) is 2. The van der Waals surface area contributed by atoms with Gasteiger partial charge in [-0.1, -0.05) is 33.1 Å². The van der Waals surface area contributed by atoms with Crippen molar-refractivity contribution in [1.82, 2.24) is 9.97 Å². The van der Waals surface area contributed by atoms with Crippen LogP contribution in [-0.4, -0.2) is 9.97 Å². The van der Waals surface area contributed by atoms with Crippen LogP contribution >= 0.6 is 0 Å². The molecule has 0 bridgehead atoms. The molecule has 1 aliphatic carbocycles. The van der Waals surface area contributed by atoms with E-state index in [1.165, 1.54) is 25.7 Å². The first-order valence-electron chi connectivity index (χ1n) is 8.25. The second-order valence-electron chi connectivity index (χ2n) is 6.15. The number of aryl methyl sites for hydroxylation is 1. The molecule has 0 atom stereocenters. The number of rotatable bonds is 6. The molecule has 1 aromatic rings. The van der Waals surface area contributed by atoms with E-state index in [2.05, 4.69) is 23.8 Å². The average molecular weight is 278 g/mol. The van der Waals surface area contributed by atoms with E-state index >= 15 is 0 Å². The van der Waals surface area contributed by atoms with Crippen LogP contribution in [-0.2, 0) is 6.42 Å². The largest absolute Gasteiger partial charge is 0.241 e. The summed E-state index contributed by atoms with van der Waals surface area (Å²) in [6.45, 7) is 4.36. The SMILES string of the molecule is CCCCc1cnc([C@H]2CC[C@H](CCC)CC2)nc1F. The zero-order valence-corrected chi connectivity index (χ0v) is 12.9. The Kier molecular flexibility index (Phi) is 5.93. The van der Waals surface area contributed by atoms with Gasteiger partial charge in [-0.25, -0.2) is 9.97 Å². The van der Waals surface area contributed by atoms with Gasteiger partial charge in [0, 0.05) is 17.7 Å². The van der Waals surface area contributed by atoms with Gasteiger partial charge in [-0.15, -0.1) is 0 Å². The maximum absolute atomic E-state index is 14.0. The lowest BCUT2D eigenvalue weighted by Gasteiger charge is -2.27. The van der Waals surface area contributed by atoms with Gasteiger partial charge >= 0.3 is 0 Å².